The van der Waals surface area contributed by atoms with E-state index in [1.165, 1.54) is 12.1 Å². The number of terminal acetylenes is 1. The number of nitrogens with zero attached hydrogens (tertiary/aromatic N) is 2. The van der Waals surface area contributed by atoms with Crippen molar-refractivity contribution in [2.75, 3.05) is 0 Å². The summed E-state index contributed by atoms with van der Waals surface area (Å²) in [5.41, 5.74) is 1.58. The SMILES string of the molecule is C#Cc1nc2cc(F)ccc2n1C1CC1. The van der Waals surface area contributed by atoms with Gasteiger partial charge < -0.3 is 4.57 Å². The van der Waals surface area contributed by atoms with Crippen LogP contribution >= 0.6 is 0 Å². The van der Waals surface area contributed by atoms with Crippen LogP contribution < -0.4 is 0 Å². The predicted molar refractivity (Wildman–Crippen MR) is 55.9 cm³/mol. The normalized spacial score (nSPS) is 15.5. The number of fused-ring (bicyclic) bond motifs is 1. The molecule has 0 amide bonds. The van der Waals surface area contributed by atoms with Crippen LogP contribution in [0.15, 0.2) is 18.2 Å². The van der Waals surface area contributed by atoms with Gasteiger partial charge in [-0.3, -0.25) is 0 Å². The summed E-state index contributed by atoms with van der Waals surface area (Å²) < 4.78 is 15.0. The zero-order chi connectivity index (χ0) is 10.4. The van der Waals surface area contributed by atoms with Crippen LogP contribution in [0, 0.1) is 18.2 Å². The summed E-state index contributed by atoms with van der Waals surface area (Å²) in [6.45, 7) is 0. The fraction of sp³-hybridized carbons (Fsp3) is 0.250. The van der Waals surface area contributed by atoms with Gasteiger partial charge in [-0.05, 0) is 30.9 Å². The van der Waals surface area contributed by atoms with Gasteiger partial charge in [0.05, 0.1) is 11.0 Å². The van der Waals surface area contributed by atoms with Gasteiger partial charge in [0, 0.05) is 12.1 Å². The molecular formula is C12H9FN2. The van der Waals surface area contributed by atoms with Gasteiger partial charge in [0.1, 0.15) is 5.82 Å². The van der Waals surface area contributed by atoms with Gasteiger partial charge in [0.15, 0.2) is 5.82 Å². The first-order chi connectivity index (χ1) is 7.29. The van der Waals surface area contributed by atoms with E-state index in [9.17, 15) is 4.39 Å². The molecule has 0 aliphatic heterocycles. The van der Waals surface area contributed by atoms with Crippen molar-refractivity contribution in [1.29, 1.82) is 0 Å². The zero-order valence-electron chi connectivity index (χ0n) is 8.07. The third kappa shape index (κ3) is 1.22. The molecule has 0 bridgehead atoms. The average Bonchev–Trinajstić information content (AvgIpc) is 2.99. The van der Waals surface area contributed by atoms with Gasteiger partial charge in [0.2, 0.25) is 0 Å². The Bertz CT molecular complexity index is 573. The highest BCUT2D eigenvalue weighted by Crippen LogP contribution is 2.38. The first-order valence-corrected chi connectivity index (χ1v) is 4.93. The lowest BCUT2D eigenvalue weighted by Gasteiger charge is -2.02. The van der Waals surface area contributed by atoms with E-state index in [-0.39, 0.29) is 5.82 Å². The van der Waals surface area contributed by atoms with E-state index in [2.05, 4.69) is 10.9 Å². The first-order valence-electron chi connectivity index (χ1n) is 4.93. The maximum atomic E-state index is 13.0. The molecule has 0 spiro atoms. The Morgan fingerprint density at radius 3 is 2.93 bits per heavy atom. The molecule has 0 radical (unpaired) electrons. The summed E-state index contributed by atoms with van der Waals surface area (Å²) in [5, 5.41) is 0. The molecule has 3 rings (SSSR count). The lowest BCUT2D eigenvalue weighted by molar-refractivity contribution is 0.629. The summed E-state index contributed by atoms with van der Waals surface area (Å²) in [6, 6.07) is 5.08. The molecule has 1 aromatic heterocycles. The largest absolute Gasteiger partial charge is 0.314 e. The second-order valence-electron chi connectivity index (χ2n) is 3.81. The first kappa shape index (κ1) is 8.49. The molecule has 2 nitrogen and oxygen atoms in total. The third-order valence-corrected chi connectivity index (χ3v) is 2.69. The Kier molecular flexibility index (Phi) is 1.60. The molecule has 3 heteroatoms. The topological polar surface area (TPSA) is 17.8 Å². The predicted octanol–water partition coefficient (Wildman–Crippen LogP) is 2.49. The van der Waals surface area contributed by atoms with Gasteiger partial charge in [-0.2, -0.15) is 0 Å². The van der Waals surface area contributed by atoms with E-state index in [0.717, 1.165) is 18.4 Å². The van der Waals surface area contributed by atoms with Gasteiger partial charge in [0.25, 0.3) is 0 Å². The van der Waals surface area contributed by atoms with Crippen LogP contribution in [0.2, 0.25) is 0 Å². The molecule has 0 unspecified atom stereocenters. The van der Waals surface area contributed by atoms with Crippen molar-refractivity contribution >= 4 is 11.0 Å². The molecule has 1 saturated carbocycles. The second kappa shape index (κ2) is 2.83. The van der Waals surface area contributed by atoms with Crippen LogP contribution in [-0.2, 0) is 0 Å². The zero-order valence-corrected chi connectivity index (χ0v) is 8.07. The fourth-order valence-corrected chi connectivity index (χ4v) is 1.88. The highest BCUT2D eigenvalue weighted by molar-refractivity contribution is 5.77. The van der Waals surface area contributed by atoms with Gasteiger partial charge in [-0.1, -0.05) is 0 Å². The highest BCUT2D eigenvalue weighted by Gasteiger charge is 2.27. The molecule has 15 heavy (non-hydrogen) atoms. The summed E-state index contributed by atoms with van der Waals surface area (Å²) in [4.78, 5) is 4.24. The van der Waals surface area contributed by atoms with E-state index >= 15 is 0 Å². The van der Waals surface area contributed by atoms with Gasteiger partial charge in [-0.25, -0.2) is 9.37 Å². The molecule has 0 saturated heterocycles. The maximum absolute atomic E-state index is 13.0. The summed E-state index contributed by atoms with van der Waals surface area (Å²) in [7, 11) is 0. The van der Waals surface area contributed by atoms with Crippen LogP contribution in [0.4, 0.5) is 4.39 Å². The fourth-order valence-electron chi connectivity index (χ4n) is 1.88. The van der Waals surface area contributed by atoms with E-state index in [0.29, 0.717) is 17.4 Å². The van der Waals surface area contributed by atoms with Crippen molar-refractivity contribution in [2.45, 2.75) is 18.9 Å². The number of imidazole rings is 1. The minimum absolute atomic E-state index is 0.272. The van der Waals surface area contributed by atoms with E-state index in [1.807, 2.05) is 4.57 Å². The Hall–Kier alpha value is -1.82. The molecule has 0 atom stereocenters. The smallest absolute Gasteiger partial charge is 0.186 e. The molecule has 1 aliphatic carbocycles. The maximum Gasteiger partial charge on any atom is 0.186 e. The summed E-state index contributed by atoms with van der Waals surface area (Å²) >= 11 is 0. The van der Waals surface area contributed by atoms with Crippen molar-refractivity contribution < 1.29 is 4.39 Å². The summed E-state index contributed by atoms with van der Waals surface area (Å²) in [5.74, 6) is 2.89. The van der Waals surface area contributed by atoms with Crippen molar-refractivity contribution in [3.05, 3.63) is 29.8 Å². The molecule has 1 heterocycles. The van der Waals surface area contributed by atoms with Crippen LogP contribution in [0.1, 0.15) is 24.7 Å². The average molecular weight is 200 g/mol. The minimum Gasteiger partial charge on any atom is -0.314 e. The molecule has 74 valence electrons. The number of rotatable bonds is 1. The van der Waals surface area contributed by atoms with Gasteiger partial charge >= 0.3 is 0 Å². The molecule has 1 fully saturated rings. The number of halogens is 1. The van der Waals surface area contributed by atoms with Crippen molar-refractivity contribution in [2.24, 2.45) is 0 Å². The molecule has 2 aromatic rings. The monoisotopic (exact) mass is 200 g/mol. The Morgan fingerprint density at radius 2 is 2.27 bits per heavy atom. The van der Waals surface area contributed by atoms with E-state index in [4.69, 9.17) is 6.42 Å². The second-order valence-corrected chi connectivity index (χ2v) is 3.81. The molecule has 0 N–H and O–H groups in total. The number of aromatic nitrogens is 2. The third-order valence-electron chi connectivity index (χ3n) is 2.69. The molecule has 1 aliphatic rings. The van der Waals surface area contributed by atoms with Crippen molar-refractivity contribution in [1.82, 2.24) is 9.55 Å². The minimum atomic E-state index is -0.272. The van der Waals surface area contributed by atoms with Crippen molar-refractivity contribution in [3.8, 4) is 12.3 Å². The quantitative estimate of drug-likeness (QED) is 0.647. The van der Waals surface area contributed by atoms with Crippen LogP contribution in [0.3, 0.4) is 0 Å². The molecule has 1 aromatic carbocycles. The van der Waals surface area contributed by atoms with Crippen LogP contribution in [0.25, 0.3) is 11.0 Å². The van der Waals surface area contributed by atoms with Gasteiger partial charge in [-0.15, -0.1) is 6.42 Å². The lowest BCUT2D eigenvalue weighted by Crippen LogP contribution is -1.97. The Morgan fingerprint density at radius 1 is 1.47 bits per heavy atom. The van der Waals surface area contributed by atoms with Crippen LogP contribution in [0.5, 0.6) is 0 Å². The highest BCUT2D eigenvalue weighted by atomic mass is 19.1. The summed E-state index contributed by atoms with van der Waals surface area (Å²) in [6.07, 6.45) is 7.66. The number of hydrogen-bond donors (Lipinski definition) is 0. The Labute approximate surface area is 86.7 Å². The lowest BCUT2D eigenvalue weighted by atomic mass is 10.3. The van der Waals surface area contributed by atoms with E-state index in [1.54, 1.807) is 6.07 Å². The van der Waals surface area contributed by atoms with E-state index < -0.39 is 0 Å². The Balaban J connectivity index is 2.34. The number of hydrogen-bond acceptors (Lipinski definition) is 1. The number of benzene rings is 1. The standard InChI is InChI=1S/C12H9FN2/c1-2-12-14-10-7-8(13)3-6-11(10)15(12)9-4-5-9/h1,3,6-7,9H,4-5H2. The molecular weight excluding hydrogens is 191 g/mol. The van der Waals surface area contributed by atoms with Crippen LogP contribution in [-0.4, -0.2) is 9.55 Å². The van der Waals surface area contributed by atoms with Crippen molar-refractivity contribution in [3.63, 3.8) is 0 Å².